The fourth-order valence-corrected chi connectivity index (χ4v) is 6.06. The number of hydrogen-bond acceptors (Lipinski definition) is 4. The van der Waals surface area contributed by atoms with Crippen molar-refractivity contribution in [2.24, 2.45) is 0 Å². The first-order chi connectivity index (χ1) is 12.0. The van der Waals surface area contributed by atoms with E-state index in [2.05, 4.69) is 0 Å². The molecule has 2 aliphatic heterocycles. The summed E-state index contributed by atoms with van der Waals surface area (Å²) in [7, 11) is -1.49. The smallest absolute Gasteiger partial charge is 0.181 e. The van der Waals surface area contributed by atoms with E-state index in [0.717, 1.165) is 17.1 Å². The summed E-state index contributed by atoms with van der Waals surface area (Å²) in [6.07, 6.45) is 0. The monoisotopic (exact) mass is 374 g/mol. The number of anilines is 2. The van der Waals surface area contributed by atoms with E-state index in [1.165, 1.54) is 0 Å². The van der Waals surface area contributed by atoms with E-state index in [9.17, 15) is 8.42 Å². The van der Waals surface area contributed by atoms with Crippen LogP contribution in [0.25, 0.3) is 0 Å². The van der Waals surface area contributed by atoms with Crippen LogP contribution in [0, 0.1) is 0 Å². The van der Waals surface area contributed by atoms with E-state index >= 15 is 0 Å². The first-order valence-electron chi connectivity index (χ1n) is 8.02. The van der Waals surface area contributed by atoms with Gasteiger partial charge in [0.25, 0.3) is 0 Å². The van der Waals surface area contributed by atoms with Crippen LogP contribution in [-0.4, -0.2) is 44.2 Å². The van der Waals surface area contributed by atoms with Crippen molar-refractivity contribution in [1.29, 1.82) is 0 Å². The molecular formula is C18H18N2O3S2. The van der Waals surface area contributed by atoms with Crippen LogP contribution in [0.15, 0.2) is 54.6 Å². The Morgan fingerprint density at radius 1 is 0.960 bits per heavy atom. The van der Waals surface area contributed by atoms with Crippen molar-refractivity contribution in [2.75, 3.05) is 28.4 Å². The fraction of sp³-hybridized carbons (Fsp3) is 0.278. The Morgan fingerprint density at radius 3 is 2.20 bits per heavy atom. The van der Waals surface area contributed by atoms with Gasteiger partial charge in [0.1, 0.15) is 5.75 Å². The van der Waals surface area contributed by atoms with Gasteiger partial charge in [-0.1, -0.05) is 24.3 Å². The number of fused-ring (bicyclic) bond motifs is 1. The first-order valence-corrected chi connectivity index (χ1v) is 10.2. The van der Waals surface area contributed by atoms with Gasteiger partial charge in [-0.3, -0.25) is 0 Å². The number of para-hydroxylation sites is 1. The second-order valence-electron chi connectivity index (χ2n) is 6.27. The van der Waals surface area contributed by atoms with Crippen molar-refractivity contribution >= 4 is 38.5 Å². The zero-order valence-electron chi connectivity index (χ0n) is 13.7. The Hall–Kier alpha value is -2.12. The maximum absolute atomic E-state index is 12.3. The summed E-state index contributed by atoms with van der Waals surface area (Å²) < 4.78 is 29.9. The standard InChI is InChI=1S/C18H18N2O3S2/c1-23-15-9-5-8-14(10-15)20-17-12-25(21,22)11-16(17)19(18(20)24)13-6-3-2-4-7-13/h2-10,16-17H,11-12H2,1H3/t16-,17+/m1/s1. The first kappa shape index (κ1) is 16.4. The molecule has 2 heterocycles. The third-order valence-electron chi connectivity index (χ3n) is 4.73. The molecule has 0 unspecified atom stereocenters. The molecule has 0 saturated carbocycles. The van der Waals surface area contributed by atoms with E-state index in [0.29, 0.717) is 5.11 Å². The summed E-state index contributed by atoms with van der Waals surface area (Å²) in [5, 5.41) is 0.629. The van der Waals surface area contributed by atoms with Crippen LogP contribution in [0.3, 0.4) is 0 Å². The van der Waals surface area contributed by atoms with Crippen LogP contribution in [-0.2, 0) is 9.84 Å². The van der Waals surface area contributed by atoms with E-state index in [1.54, 1.807) is 7.11 Å². The minimum atomic E-state index is -3.10. The molecule has 0 N–H and O–H groups in total. The Morgan fingerprint density at radius 2 is 1.56 bits per heavy atom. The van der Waals surface area contributed by atoms with Gasteiger partial charge in [0.2, 0.25) is 0 Å². The zero-order valence-corrected chi connectivity index (χ0v) is 15.3. The number of ether oxygens (including phenoxy) is 1. The number of hydrogen-bond donors (Lipinski definition) is 0. The topological polar surface area (TPSA) is 49.9 Å². The molecule has 130 valence electrons. The van der Waals surface area contributed by atoms with Gasteiger partial charge in [-0.2, -0.15) is 0 Å². The summed E-state index contributed by atoms with van der Waals surface area (Å²) in [5.74, 6) is 0.946. The summed E-state index contributed by atoms with van der Waals surface area (Å²) in [4.78, 5) is 3.93. The van der Waals surface area contributed by atoms with Crippen LogP contribution < -0.4 is 14.5 Å². The highest BCUT2D eigenvalue weighted by molar-refractivity contribution is 7.91. The number of benzene rings is 2. The molecule has 0 aliphatic carbocycles. The van der Waals surface area contributed by atoms with Crippen LogP contribution in [0.5, 0.6) is 5.75 Å². The largest absolute Gasteiger partial charge is 0.497 e. The molecule has 0 bridgehead atoms. The molecule has 0 aromatic heterocycles. The van der Waals surface area contributed by atoms with Gasteiger partial charge in [-0.25, -0.2) is 8.42 Å². The van der Waals surface area contributed by atoms with Gasteiger partial charge in [0.15, 0.2) is 14.9 Å². The third-order valence-corrected chi connectivity index (χ3v) is 6.83. The highest BCUT2D eigenvalue weighted by Crippen LogP contribution is 2.38. The number of sulfone groups is 1. The minimum Gasteiger partial charge on any atom is -0.497 e. The van der Waals surface area contributed by atoms with Gasteiger partial charge in [-0.15, -0.1) is 0 Å². The molecule has 0 amide bonds. The predicted octanol–water partition coefficient (Wildman–Crippen LogP) is 2.47. The molecule has 0 radical (unpaired) electrons. The van der Waals surface area contributed by atoms with Crippen LogP contribution >= 0.6 is 12.2 Å². The highest BCUT2D eigenvalue weighted by Gasteiger charge is 2.52. The number of rotatable bonds is 3. The number of nitrogens with zero attached hydrogens (tertiary/aromatic N) is 2. The molecule has 2 aromatic carbocycles. The van der Waals surface area contributed by atoms with E-state index in [1.807, 2.05) is 64.4 Å². The zero-order chi connectivity index (χ0) is 17.6. The van der Waals surface area contributed by atoms with Gasteiger partial charge in [0, 0.05) is 17.4 Å². The van der Waals surface area contributed by atoms with Crippen LogP contribution in [0.2, 0.25) is 0 Å². The Labute approximate surface area is 152 Å². The van der Waals surface area contributed by atoms with Gasteiger partial charge in [0.05, 0.1) is 30.7 Å². The molecule has 7 heteroatoms. The molecule has 4 rings (SSSR count). The quantitative estimate of drug-likeness (QED) is 0.770. The van der Waals surface area contributed by atoms with Crippen molar-refractivity contribution < 1.29 is 13.2 Å². The Bertz CT molecular complexity index is 915. The molecular weight excluding hydrogens is 356 g/mol. The lowest BCUT2D eigenvalue weighted by Gasteiger charge is -2.26. The summed E-state index contributed by atoms with van der Waals surface area (Å²) >= 11 is 5.75. The molecule has 25 heavy (non-hydrogen) atoms. The van der Waals surface area contributed by atoms with Gasteiger partial charge in [-0.05, 0) is 36.5 Å². The second kappa shape index (κ2) is 6.00. The maximum Gasteiger partial charge on any atom is 0.181 e. The van der Waals surface area contributed by atoms with Crippen molar-refractivity contribution in [2.45, 2.75) is 12.1 Å². The van der Waals surface area contributed by atoms with Crippen molar-refractivity contribution in [3.8, 4) is 5.75 Å². The molecule has 2 aliphatic rings. The van der Waals surface area contributed by atoms with E-state index in [4.69, 9.17) is 17.0 Å². The Balaban J connectivity index is 1.80. The van der Waals surface area contributed by atoms with E-state index < -0.39 is 9.84 Å². The SMILES string of the molecule is COc1cccc(N2C(=S)N(c3ccccc3)[C@@H]3CS(=O)(=O)C[C@@H]32)c1. The van der Waals surface area contributed by atoms with Crippen molar-refractivity contribution in [1.82, 2.24) is 0 Å². The molecule has 5 nitrogen and oxygen atoms in total. The molecule has 2 saturated heterocycles. The maximum atomic E-state index is 12.3. The highest BCUT2D eigenvalue weighted by atomic mass is 32.2. The fourth-order valence-electron chi connectivity index (χ4n) is 3.66. The van der Waals surface area contributed by atoms with Crippen LogP contribution in [0.1, 0.15) is 0 Å². The summed E-state index contributed by atoms with van der Waals surface area (Å²) in [6.45, 7) is 0. The average molecular weight is 374 g/mol. The third kappa shape index (κ3) is 2.77. The Kier molecular flexibility index (Phi) is 3.92. The normalized spacial score (nSPS) is 24.4. The predicted molar refractivity (Wildman–Crippen MR) is 103 cm³/mol. The lowest BCUT2D eigenvalue weighted by molar-refractivity contribution is 0.415. The number of methoxy groups -OCH3 is 1. The molecule has 2 atom stereocenters. The van der Waals surface area contributed by atoms with Crippen molar-refractivity contribution in [3.05, 3.63) is 54.6 Å². The summed E-state index contributed by atoms with van der Waals surface area (Å²) in [5.41, 5.74) is 1.78. The van der Waals surface area contributed by atoms with E-state index in [-0.39, 0.29) is 23.6 Å². The van der Waals surface area contributed by atoms with Gasteiger partial charge >= 0.3 is 0 Å². The lowest BCUT2D eigenvalue weighted by Crippen LogP contribution is -2.37. The van der Waals surface area contributed by atoms with Gasteiger partial charge < -0.3 is 14.5 Å². The second-order valence-corrected chi connectivity index (χ2v) is 8.79. The molecule has 2 aromatic rings. The number of thiocarbonyl (C=S) groups is 1. The summed E-state index contributed by atoms with van der Waals surface area (Å²) in [6, 6.07) is 16.9. The minimum absolute atomic E-state index is 0.109. The van der Waals surface area contributed by atoms with Crippen molar-refractivity contribution in [3.63, 3.8) is 0 Å². The lowest BCUT2D eigenvalue weighted by atomic mass is 10.1. The molecule has 2 fully saturated rings. The average Bonchev–Trinajstić information content (AvgIpc) is 3.04. The van der Waals surface area contributed by atoms with Crippen LogP contribution in [0.4, 0.5) is 11.4 Å². The molecule has 0 spiro atoms.